The fourth-order valence-corrected chi connectivity index (χ4v) is 3.35. The van der Waals surface area contributed by atoms with Gasteiger partial charge in [-0.15, -0.1) is 10.2 Å². The molecule has 3 aromatic heterocycles. The molecule has 0 spiro atoms. The van der Waals surface area contributed by atoms with Gasteiger partial charge in [0.1, 0.15) is 0 Å². The molecule has 0 atom stereocenters. The average Bonchev–Trinajstić information content (AvgIpc) is 2.79. The molecule has 10 nitrogen and oxygen atoms in total. The van der Waals surface area contributed by atoms with Gasteiger partial charge < -0.3 is 14.4 Å². The van der Waals surface area contributed by atoms with Gasteiger partial charge in [-0.3, -0.25) is 19.6 Å². The molecule has 0 saturated carbocycles. The van der Waals surface area contributed by atoms with Crippen molar-refractivity contribution < 1.29 is 4.79 Å². The number of aromatic amines is 1. The molecule has 30 heavy (non-hydrogen) atoms. The van der Waals surface area contributed by atoms with Crippen molar-refractivity contribution in [1.82, 2.24) is 29.6 Å². The molecule has 10 heteroatoms. The first kappa shape index (κ1) is 19.5. The number of rotatable bonds is 5. The maximum atomic E-state index is 12.5. The van der Waals surface area contributed by atoms with E-state index in [9.17, 15) is 14.4 Å². The van der Waals surface area contributed by atoms with Crippen LogP contribution in [0.5, 0.6) is 0 Å². The summed E-state index contributed by atoms with van der Waals surface area (Å²) in [6, 6.07) is 8.90. The number of nitrogens with zero attached hydrogens (tertiary/aromatic N) is 6. The minimum absolute atomic E-state index is 0.0214. The average molecular weight is 407 g/mol. The van der Waals surface area contributed by atoms with Crippen LogP contribution in [0.15, 0.2) is 58.5 Å². The van der Waals surface area contributed by atoms with Gasteiger partial charge in [-0.1, -0.05) is 0 Å². The number of anilines is 1. The Morgan fingerprint density at radius 2 is 1.73 bits per heavy atom. The number of nitrogens with one attached hydrogen (secondary N) is 1. The number of amides is 1. The number of hydrogen-bond donors (Lipinski definition) is 1. The van der Waals surface area contributed by atoms with Gasteiger partial charge in [-0.05, 0) is 24.3 Å². The highest BCUT2D eigenvalue weighted by atomic mass is 16.2. The maximum Gasteiger partial charge on any atom is 0.328 e. The quantitative estimate of drug-likeness (QED) is 0.639. The molecular weight excluding hydrogens is 386 g/mol. The third kappa shape index (κ3) is 4.43. The standard InChI is InChI=1S/C20H21N7O3/c28-18-5-9-27(20(30)22-18)10-6-19(29)26-13-11-25(12-14-26)17-2-1-16(23-24-17)15-3-7-21-8-4-15/h1-5,7-9H,6,10-14H2,(H,22,28,30). The highest BCUT2D eigenvalue weighted by Crippen LogP contribution is 2.18. The first-order valence-corrected chi connectivity index (χ1v) is 9.67. The topological polar surface area (TPSA) is 117 Å². The van der Waals surface area contributed by atoms with Gasteiger partial charge in [0, 0.05) is 69.4 Å². The predicted octanol–water partition coefficient (Wildman–Crippen LogP) is 0.128. The molecule has 154 valence electrons. The summed E-state index contributed by atoms with van der Waals surface area (Å²) in [5.74, 6) is 0.756. The SMILES string of the molecule is O=C(CCn1ccc(=O)[nH]c1=O)N1CCN(c2ccc(-c3ccncc3)nn2)CC1. The van der Waals surface area contributed by atoms with Crippen molar-refractivity contribution in [3.05, 3.63) is 69.8 Å². The number of piperazine rings is 1. The normalized spacial score (nSPS) is 14.0. The van der Waals surface area contributed by atoms with Gasteiger partial charge in [-0.25, -0.2) is 4.79 Å². The number of aromatic nitrogens is 5. The summed E-state index contributed by atoms with van der Waals surface area (Å²) in [6.45, 7) is 2.71. The lowest BCUT2D eigenvalue weighted by Crippen LogP contribution is -2.49. The summed E-state index contributed by atoms with van der Waals surface area (Å²) in [5.41, 5.74) is 0.790. The molecule has 0 radical (unpaired) electrons. The number of carbonyl (C=O) groups excluding carboxylic acids is 1. The van der Waals surface area contributed by atoms with Crippen molar-refractivity contribution in [1.29, 1.82) is 0 Å². The van der Waals surface area contributed by atoms with Crippen LogP contribution in [0.1, 0.15) is 6.42 Å². The second-order valence-electron chi connectivity index (χ2n) is 6.93. The van der Waals surface area contributed by atoms with Gasteiger partial charge in [0.05, 0.1) is 5.69 Å². The summed E-state index contributed by atoms with van der Waals surface area (Å²) < 4.78 is 1.33. The summed E-state index contributed by atoms with van der Waals surface area (Å²) in [6.07, 6.45) is 5.04. The molecule has 0 bridgehead atoms. The van der Waals surface area contributed by atoms with Crippen molar-refractivity contribution in [2.75, 3.05) is 31.1 Å². The Labute approximate surface area is 171 Å². The minimum atomic E-state index is -0.506. The van der Waals surface area contributed by atoms with E-state index in [0.29, 0.717) is 26.2 Å². The number of H-pyrrole nitrogens is 1. The van der Waals surface area contributed by atoms with Gasteiger partial charge in [0.2, 0.25) is 5.91 Å². The fourth-order valence-electron chi connectivity index (χ4n) is 3.35. The van der Waals surface area contributed by atoms with E-state index in [1.807, 2.05) is 24.3 Å². The lowest BCUT2D eigenvalue weighted by Gasteiger charge is -2.35. The predicted molar refractivity (Wildman–Crippen MR) is 110 cm³/mol. The van der Waals surface area contributed by atoms with E-state index in [-0.39, 0.29) is 18.9 Å². The molecule has 1 aliphatic heterocycles. The van der Waals surface area contributed by atoms with Crippen LogP contribution in [0.2, 0.25) is 0 Å². The number of pyridine rings is 1. The van der Waals surface area contributed by atoms with Crippen LogP contribution in [0.4, 0.5) is 5.82 Å². The zero-order valence-electron chi connectivity index (χ0n) is 16.3. The monoisotopic (exact) mass is 407 g/mol. The van der Waals surface area contributed by atoms with E-state index >= 15 is 0 Å². The Kier molecular flexibility index (Phi) is 5.64. The van der Waals surface area contributed by atoms with Crippen molar-refractivity contribution in [2.45, 2.75) is 13.0 Å². The molecule has 1 aliphatic rings. The summed E-state index contributed by atoms with van der Waals surface area (Å²) in [5, 5.41) is 8.62. The fraction of sp³-hybridized carbons (Fsp3) is 0.300. The van der Waals surface area contributed by atoms with E-state index in [1.54, 1.807) is 17.3 Å². The van der Waals surface area contributed by atoms with Crippen LogP contribution >= 0.6 is 0 Å². The lowest BCUT2D eigenvalue weighted by molar-refractivity contribution is -0.131. The van der Waals surface area contributed by atoms with Crippen LogP contribution in [-0.2, 0) is 11.3 Å². The third-order valence-electron chi connectivity index (χ3n) is 5.05. The van der Waals surface area contributed by atoms with Crippen LogP contribution in [0, 0.1) is 0 Å². The number of aryl methyl sites for hydroxylation is 1. The first-order chi connectivity index (χ1) is 14.6. The Morgan fingerprint density at radius 3 is 2.40 bits per heavy atom. The molecule has 0 aromatic carbocycles. The largest absolute Gasteiger partial charge is 0.352 e. The summed E-state index contributed by atoms with van der Waals surface area (Å²) >= 11 is 0. The van der Waals surface area contributed by atoms with Crippen LogP contribution < -0.4 is 16.1 Å². The highest BCUT2D eigenvalue weighted by molar-refractivity contribution is 5.76. The van der Waals surface area contributed by atoms with Gasteiger partial charge in [0.25, 0.3) is 5.56 Å². The molecule has 0 aliphatic carbocycles. The van der Waals surface area contributed by atoms with Crippen LogP contribution in [-0.4, -0.2) is 61.7 Å². The first-order valence-electron chi connectivity index (χ1n) is 9.67. The second-order valence-corrected chi connectivity index (χ2v) is 6.93. The van der Waals surface area contributed by atoms with Crippen molar-refractivity contribution >= 4 is 11.7 Å². The molecule has 1 amide bonds. The smallest absolute Gasteiger partial charge is 0.328 e. The molecular formula is C20H21N7O3. The lowest BCUT2D eigenvalue weighted by atomic mass is 10.2. The second kappa shape index (κ2) is 8.68. The zero-order valence-corrected chi connectivity index (χ0v) is 16.3. The Morgan fingerprint density at radius 1 is 0.967 bits per heavy atom. The molecule has 3 aromatic rings. The van der Waals surface area contributed by atoms with Crippen molar-refractivity contribution in [2.24, 2.45) is 0 Å². The van der Waals surface area contributed by atoms with E-state index in [0.717, 1.165) is 17.1 Å². The summed E-state index contributed by atoms with van der Waals surface area (Å²) in [7, 11) is 0. The molecule has 1 saturated heterocycles. The zero-order chi connectivity index (χ0) is 20.9. The van der Waals surface area contributed by atoms with E-state index in [2.05, 4.69) is 25.1 Å². The summed E-state index contributed by atoms with van der Waals surface area (Å²) in [4.78, 5) is 45.4. The Balaban J connectivity index is 1.30. The molecule has 1 N–H and O–H groups in total. The van der Waals surface area contributed by atoms with E-state index in [1.165, 1.54) is 16.8 Å². The van der Waals surface area contributed by atoms with Crippen LogP contribution in [0.25, 0.3) is 11.3 Å². The Bertz CT molecular complexity index is 1120. The minimum Gasteiger partial charge on any atom is -0.352 e. The number of hydrogen-bond acceptors (Lipinski definition) is 7. The highest BCUT2D eigenvalue weighted by Gasteiger charge is 2.22. The maximum absolute atomic E-state index is 12.5. The molecule has 4 rings (SSSR count). The molecule has 4 heterocycles. The number of carbonyl (C=O) groups is 1. The molecule has 0 unspecified atom stereocenters. The van der Waals surface area contributed by atoms with E-state index in [4.69, 9.17) is 0 Å². The van der Waals surface area contributed by atoms with Crippen molar-refractivity contribution in [3.8, 4) is 11.3 Å². The van der Waals surface area contributed by atoms with Crippen LogP contribution in [0.3, 0.4) is 0 Å². The van der Waals surface area contributed by atoms with Gasteiger partial charge >= 0.3 is 5.69 Å². The third-order valence-corrected chi connectivity index (χ3v) is 5.05. The van der Waals surface area contributed by atoms with E-state index < -0.39 is 11.2 Å². The Hall–Kier alpha value is -3.82. The van der Waals surface area contributed by atoms with Crippen molar-refractivity contribution in [3.63, 3.8) is 0 Å². The van der Waals surface area contributed by atoms with Gasteiger partial charge in [0.15, 0.2) is 5.82 Å². The van der Waals surface area contributed by atoms with Gasteiger partial charge in [-0.2, -0.15) is 0 Å². The molecule has 1 fully saturated rings.